The minimum absolute atomic E-state index is 0.0223. The van der Waals surface area contributed by atoms with E-state index in [9.17, 15) is 18.0 Å². The zero-order valence-electron chi connectivity index (χ0n) is 10.4. The number of hydrogen-bond acceptors (Lipinski definition) is 4. The molecule has 106 valence electrons. The van der Waals surface area contributed by atoms with E-state index in [2.05, 4.69) is 15.9 Å². The largest absolute Gasteiger partial charge is 0.369 e. The average molecular weight is 352 g/mol. The smallest absolute Gasteiger partial charge is 0.281 e. The molecule has 1 rings (SSSR count). The summed E-state index contributed by atoms with van der Waals surface area (Å²) in [5.41, 5.74) is 4.97. The Labute approximate surface area is 119 Å². The first-order valence-corrected chi connectivity index (χ1v) is 7.77. The zero-order valence-corrected chi connectivity index (χ0v) is 12.8. The molecule has 7 nitrogen and oxygen atoms in total. The first kappa shape index (κ1) is 15.7. The van der Waals surface area contributed by atoms with Crippen LogP contribution in [0.15, 0.2) is 16.7 Å². The Morgan fingerprint density at radius 2 is 2.05 bits per heavy atom. The van der Waals surface area contributed by atoms with Gasteiger partial charge < -0.3 is 10.3 Å². The lowest BCUT2D eigenvalue weighted by Gasteiger charge is -2.12. The third-order valence-electron chi connectivity index (χ3n) is 2.18. The van der Waals surface area contributed by atoms with E-state index in [1.807, 2.05) is 13.8 Å². The van der Waals surface area contributed by atoms with Crippen LogP contribution in [0.4, 0.5) is 0 Å². The zero-order chi connectivity index (χ0) is 14.8. The first-order valence-electron chi connectivity index (χ1n) is 5.33. The van der Waals surface area contributed by atoms with Gasteiger partial charge in [0.1, 0.15) is 11.4 Å². The van der Waals surface area contributed by atoms with Gasteiger partial charge >= 0.3 is 0 Å². The van der Waals surface area contributed by atoms with Crippen LogP contribution in [0.25, 0.3) is 0 Å². The number of rotatable bonds is 5. The summed E-state index contributed by atoms with van der Waals surface area (Å²) in [7, 11) is -4.06. The van der Waals surface area contributed by atoms with E-state index in [1.54, 1.807) is 15.5 Å². The van der Waals surface area contributed by atoms with E-state index in [0.29, 0.717) is 4.47 Å². The summed E-state index contributed by atoms with van der Waals surface area (Å²) in [4.78, 5) is 22.5. The Balaban J connectivity index is 2.99. The number of aromatic nitrogens is 1. The van der Waals surface area contributed by atoms with E-state index in [0.717, 1.165) is 0 Å². The van der Waals surface area contributed by atoms with E-state index in [-0.39, 0.29) is 11.7 Å². The highest BCUT2D eigenvalue weighted by molar-refractivity contribution is 9.10. The molecule has 0 spiro atoms. The summed E-state index contributed by atoms with van der Waals surface area (Å²) >= 11 is 3.22. The Morgan fingerprint density at radius 3 is 2.53 bits per heavy atom. The molecule has 0 aromatic carbocycles. The third-order valence-corrected chi connectivity index (χ3v) is 3.78. The van der Waals surface area contributed by atoms with E-state index in [1.165, 1.54) is 6.07 Å². The van der Waals surface area contributed by atoms with Crippen LogP contribution in [-0.2, 0) is 14.8 Å². The standard InChI is InChI=1S/C10H14BrN3O4S/c1-6(2)14-4-7(11)3-8(14)10(16)13-19(17,18)5-9(12)15/h3-4,6H,5H2,1-2H3,(H2,12,15)(H,13,16). The molecule has 0 saturated heterocycles. The van der Waals surface area contributed by atoms with Gasteiger partial charge in [-0.2, -0.15) is 0 Å². The molecule has 0 aliphatic heterocycles. The molecule has 9 heteroatoms. The fourth-order valence-electron chi connectivity index (χ4n) is 1.47. The lowest BCUT2D eigenvalue weighted by atomic mass is 10.3. The highest BCUT2D eigenvalue weighted by atomic mass is 79.9. The quantitative estimate of drug-likeness (QED) is 0.798. The number of hydrogen-bond donors (Lipinski definition) is 2. The van der Waals surface area contributed by atoms with E-state index >= 15 is 0 Å². The minimum atomic E-state index is -4.06. The maximum Gasteiger partial charge on any atom is 0.281 e. The second-order valence-corrected chi connectivity index (χ2v) is 6.84. The molecule has 0 fully saturated rings. The second kappa shape index (κ2) is 5.74. The van der Waals surface area contributed by atoms with Crippen molar-refractivity contribution in [3.8, 4) is 0 Å². The van der Waals surface area contributed by atoms with Gasteiger partial charge in [0.2, 0.25) is 15.9 Å². The predicted molar refractivity (Wildman–Crippen MR) is 73.0 cm³/mol. The number of primary amides is 1. The maximum atomic E-state index is 11.9. The second-order valence-electron chi connectivity index (χ2n) is 4.20. The number of nitrogens with two attached hydrogens (primary N) is 1. The van der Waals surface area contributed by atoms with Gasteiger partial charge in [-0.25, -0.2) is 13.1 Å². The summed E-state index contributed by atoms with van der Waals surface area (Å²) in [6.07, 6.45) is 1.67. The van der Waals surface area contributed by atoms with Crippen LogP contribution < -0.4 is 10.5 Å². The number of amides is 2. The van der Waals surface area contributed by atoms with Gasteiger partial charge in [0, 0.05) is 16.7 Å². The predicted octanol–water partition coefficient (Wildman–Crippen LogP) is 0.376. The Hall–Kier alpha value is -1.35. The van der Waals surface area contributed by atoms with Gasteiger partial charge in [0.05, 0.1) is 0 Å². The monoisotopic (exact) mass is 351 g/mol. The molecule has 0 bridgehead atoms. The molecule has 1 heterocycles. The number of nitrogens with zero attached hydrogens (tertiary/aromatic N) is 1. The fraction of sp³-hybridized carbons (Fsp3) is 0.400. The molecule has 0 atom stereocenters. The Kier molecular flexibility index (Phi) is 4.75. The third kappa shape index (κ3) is 4.35. The summed E-state index contributed by atoms with van der Waals surface area (Å²) in [6.45, 7) is 3.70. The van der Waals surface area contributed by atoms with Crippen molar-refractivity contribution in [1.82, 2.24) is 9.29 Å². The highest BCUT2D eigenvalue weighted by Gasteiger charge is 2.22. The van der Waals surface area contributed by atoms with Gasteiger partial charge in [0.15, 0.2) is 0 Å². The van der Waals surface area contributed by atoms with Crippen molar-refractivity contribution in [2.24, 2.45) is 5.73 Å². The molecular formula is C10H14BrN3O4S. The molecule has 1 aromatic heterocycles. The fourth-order valence-corrected chi connectivity index (χ4v) is 2.74. The Morgan fingerprint density at radius 1 is 1.47 bits per heavy atom. The van der Waals surface area contributed by atoms with Crippen LogP contribution in [-0.4, -0.2) is 30.6 Å². The lowest BCUT2D eigenvalue weighted by molar-refractivity contribution is -0.115. The van der Waals surface area contributed by atoms with Crippen molar-refractivity contribution in [3.63, 3.8) is 0 Å². The van der Waals surface area contributed by atoms with Gasteiger partial charge in [-0.15, -0.1) is 0 Å². The van der Waals surface area contributed by atoms with Crippen molar-refractivity contribution < 1.29 is 18.0 Å². The average Bonchev–Trinajstić information content (AvgIpc) is 2.57. The molecule has 0 radical (unpaired) electrons. The molecule has 2 amide bonds. The molecule has 3 N–H and O–H groups in total. The topological polar surface area (TPSA) is 111 Å². The molecule has 19 heavy (non-hydrogen) atoms. The van der Waals surface area contributed by atoms with Crippen molar-refractivity contribution >= 4 is 37.8 Å². The Bertz CT molecular complexity index is 606. The number of sulfonamides is 1. The van der Waals surface area contributed by atoms with Crippen LogP contribution in [0, 0.1) is 0 Å². The molecular weight excluding hydrogens is 338 g/mol. The normalized spacial score (nSPS) is 11.6. The van der Waals surface area contributed by atoms with Gasteiger partial charge in [0.25, 0.3) is 5.91 Å². The first-order chi connectivity index (χ1) is 8.62. The lowest BCUT2D eigenvalue weighted by Crippen LogP contribution is -2.37. The summed E-state index contributed by atoms with van der Waals surface area (Å²) in [5.74, 6) is -2.76. The molecule has 0 unspecified atom stereocenters. The van der Waals surface area contributed by atoms with Gasteiger partial charge in [-0.3, -0.25) is 9.59 Å². The van der Waals surface area contributed by atoms with Crippen LogP contribution in [0.5, 0.6) is 0 Å². The van der Waals surface area contributed by atoms with E-state index in [4.69, 9.17) is 5.73 Å². The van der Waals surface area contributed by atoms with Gasteiger partial charge in [-0.05, 0) is 35.8 Å². The van der Waals surface area contributed by atoms with Gasteiger partial charge in [-0.1, -0.05) is 0 Å². The molecule has 0 aliphatic rings. The molecule has 0 aliphatic carbocycles. The minimum Gasteiger partial charge on any atom is -0.369 e. The van der Waals surface area contributed by atoms with Crippen LogP contribution in [0.1, 0.15) is 30.4 Å². The van der Waals surface area contributed by atoms with Crippen molar-refractivity contribution in [3.05, 3.63) is 22.4 Å². The summed E-state index contributed by atoms with van der Waals surface area (Å²) in [5, 5.41) is 0. The maximum absolute atomic E-state index is 11.9. The van der Waals surface area contributed by atoms with Crippen LogP contribution in [0.3, 0.4) is 0 Å². The number of carbonyl (C=O) groups is 2. The SMILES string of the molecule is CC(C)n1cc(Br)cc1C(=O)NS(=O)(=O)CC(N)=O. The van der Waals surface area contributed by atoms with Crippen molar-refractivity contribution in [2.45, 2.75) is 19.9 Å². The molecule has 1 aromatic rings. The highest BCUT2D eigenvalue weighted by Crippen LogP contribution is 2.19. The summed E-state index contributed by atoms with van der Waals surface area (Å²) in [6, 6.07) is 1.47. The van der Waals surface area contributed by atoms with Crippen molar-refractivity contribution in [1.29, 1.82) is 0 Å². The number of nitrogens with one attached hydrogen (secondary N) is 1. The van der Waals surface area contributed by atoms with Crippen LogP contribution >= 0.6 is 15.9 Å². The van der Waals surface area contributed by atoms with E-state index < -0.39 is 27.6 Å². The summed E-state index contributed by atoms with van der Waals surface area (Å²) < 4.78 is 27.0. The number of halogens is 1. The molecule has 0 saturated carbocycles. The van der Waals surface area contributed by atoms with Crippen LogP contribution in [0.2, 0.25) is 0 Å². The number of carbonyl (C=O) groups excluding carboxylic acids is 2. The van der Waals surface area contributed by atoms with Crippen molar-refractivity contribution in [2.75, 3.05) is 5.75 Å².